The van der Waals surface area contributed by atoms with Gasteiger partial charge in [0.1, 0.15) is 0 Å². The van der Waals surface area contributed by atoms with E-state index in [1.54, 1.807) is 17.4 Å². The Hall–Kier alpha value is -2.16. The Bertz CT molecular complexity index is 646. The van der Waals surface area contributed by atoms with Crippen LogP contribution in [-0.4, -0.2) is 23.9 Å². The number of nitriles is 1. The topological polar surface area (TPSA) is 56.1 Å². The van der Waals surface area contributed by atoms with Gasteiger partial charge in [-0.25, -0.2) is 0 Å². The van der Waals surface area contributed by atoms with E-state index in [2.05, 4.69) is 16.3 Å². The van der Waals surface area contributed by atoms with E-state index >= 15 is 0 Å². The number of nitrogens with one attached hydrogen (secondary N) is 1. The molecule has 1 aromatic heterocycles. The van der Waals surface area contributed by atoms with Gasteiger partial charge in [-0.15, -0.1) is 11.3 Å². The monoisotopic (exact) mass is 313 g/mol. The van der Waals surface area contributed by atoms with Crippen molar-refractivity contribution in [3.8, 4) is 6.07 Å². The molecule has 22 heavy (non-hydrogen) atoms. The SMILES string of the molecule is CCN(CC(=O)NCc1cccs1)Cc1cccc(C#N)c1. The quantitative estimate of drug-likeness (QED) is 0.855. The first-order chi connectivity index (χ1) is 10.7. The van der Waals surface area contributed by atoms with Crippen LogP contribution in [0, 0.1) is 11.3 Å². The fourth-order valence-corrected chi connectivity index (χ4v) is 2.78. The third-order valence-corrected chi connectivity index (χ3v) is 4.19. The summed E-state index contributed by atoms with van der Waals surface area (Å²) in [5, 5.41) is 13.9. The molecule has 114 valence electrons. The van der Waals surface area contributed by atoms with Crippen molar-refractivity contribution in [3.05, 3.63) is 57.8 Å². The molecule has 0 unspecified atom stereocenters. The third-order valence-electron chi connectivity index (χ3n) is 3.32. The lowest BCUT2D eigenvalue weighted by molar-refractivity contribution is -0.122. The number of likely N-dealkylation sites (N-methyl/N-ethyl adjacent to an activating group) is 1. The molecule has 0 aliphatic heterocycles. The first-order valence-corrected chi connectivity index (χ1v) is 8.09. The number of carbonyl (C=O) groups excluding carboxylic acids is 1. The Labute approximate surface area is 135 Å². The van der Waals surface area contributed by atoms with Gasteiger partial charge >= 0.3 is 0 Å². The molecule has 0 fully saturated rings. The van der Waals surface area contributed by atoms with Gasteiger partial charge in [-0.3, -0.25) is 9.69 Å². The number of carbonyl (C=O) groups is 1. The molecule has 0 aliphatic carbocycles. The molecule has 0 saturated carbocycles. The summed E-state index contributed by atoms with van der Waals surface area (Å²) < 4.78 is 0. The zero-order valence-corrected chi connectivity index (χ0v) is 13.4. The smallest absolute Gasteiger partial charge is 0.234 e. The fourth-order valence-electron chi connectivity index (χ4n) is 2.13. The van der Waals surface area contributed by atoms with Gasteiger partial charge < -0.3 is 5.32 Å². The third kappa shape index (κ3) is 4.99. The van der Waals surface area contributed by atoms with Crippen LogP contribution in [0.25, 0.3) is 0 Å². The largest absolute Gasteiger partial charge is 0.350 e. The van der Waals surface area contributed by atoms with E-state index in [9.17, 15) is 4.79 Å². The van der Waals surface area contributed by atoms with Gasteiger partial charge in [0.2, 0.25) is 5.91 Å². The molecule has 5 heteroatoms. The Morgan fingerprint density at radius 3 is 2.91 bits per heavy atom. The van der Waals surface area contributed by atoms with Gasteiger partial charge in [0.15, 0.2) is 0 Å². The average Bonchev–Trinajstić information content (AvgIpc) is 3.06. The highest BCUT2D eigenvalue weighted by Crippen LogP contribution is 2.09. The number of thiophene rings is 1. The van der Waals surface area contributed by atoms with Crippen LogP contribution >= 0.6 is 11.3 Å². The average molecular weight is 313 g/mol. The van der Waals surface area contributed by atoms with Crippen molar-refractivity contribution < 1.29 is 4.79 Å². The Morgan fingerprint density at radius 1 is 1.36 bits per heavy atom. The lowest BCUT2D eigenvalue weighted by Gasteiger charge is -2.20. The minimum Gasteiger partial charge on any atom is -0.350 e. The van der Waals surface area contributed by atoms with Gasteiger partial charge in [0.05, 0.1) is 24.7 Å². The van der Waals surface area contributed by atoms with E-state index in [0.29, 0.717) is 25.2 Å². The molecule has 1 amide bonds. The lowest BCUT2D eigenvalue weighted by Crippen LogP contribution is -2.36. The summed E-state index contributed by atoms with van der Waals surface area (Å²) in [6.07, 6.45) is 0. The predicted molar refractivity (Wildman–Crippen MR) is 88.3 cm³/mol. The van der Waals surface area contributed by atoms with Crippen LogP contribution in [0.2, 0.25) is 0 Å². The van der Waals surface area contributed by atoms with Gasteiger partial charge in [-0.2, -0.15) is 5.26 Å². The van der Waals surface area contributed by atoms with Crippen molar-refractivity contribution in [1.82, 2.24) is 10.2 Å². The summed E-state index contributed by atoms with van der Waals surface area (Å²) in [6.45, 7) is 4.42. The molecule has 2 rings (SSSR count). The van der Waals surface area contributed by atoms with Crippen molar-refractivity contribution in [2.45, 2.75) is 20.0 Å². The highest BCUT2D eigenvalue weighted by atomic mass is 32.1. The molecule has 0 saturated heterocycles. The summed E-state index contributed by atoms with van der Waals surface area (Å²) in [6, 6.07) is 13.6. The van der Waals surface area contributed by atoms with Crippen molar-refractivity contribution in [2.24, 2.45) is 0 Å². The summed E-state index contributed by atoms with van der Waals surface area (Å²) in [4.78, 5) is 15.2. The van der Waals surface area contributed by atoms with Crippen LogP contribution in [0.3, 0.4) is 0 Å². The van der Waals surface area contributed by atoms with E-state index < -0.39 is 0 Å². The van der Waals surface area contributed by atoms with Crippen molar-refractivity contribution in [2.75, 3.05) is 13.1 Å². The maximum absolute atomic E-state index is 12.0. The summed E-state index contributed by atoms with van der Waals surface area (Å²) >= 11 is 1.64. The van der Waals surface area contributed by atoms with Gasteiger partial charge in [0.25, 0.3) is 0 Å². The van der Waals surface area contributed by atoms with Gasteiger partial charge in [0, 0.05) is 11.4 Å². The van der Waals surface area contributed by atoms with Crippen molar-refractivity contribution in [1.29, 1.82) is 5.26 Å². The number of nitrogens with zero attached hydrogens (tertiary/aromatic N) is 2. The number of hydrogen-bond donors (Lipinski definition) is 1. The Balaban J connectivity index is 1.85. The maximum atomic E-state index is 12.0. The van der Waals surface area contributed by atoms with E-state index in [4.69, 9.17) is 5.26 Å². The molecule has 4 nitrogen and oxygen atoms in total. The zero-order chi connectivity index (χ0) is 15.8. The molecular formula is C17H19N3OS. The van der Waals surface area contributed by atoms with Gasteiger partial charge in [-0.1, -0.05) is 25.1 Å². The van der Waals surface area contributed by atoms with E-state index in [1.807, 2.05) is 42.6 Å². The Morgan fingerprint density at radius 2 is 2.23 bits per heavy atom. The van der Waals surface area contributed by atoms with Crippen LogP contribution in [0.1, 0.15) is 22.9 Å². The molecule has 0 spiro atoms. The standard InChI is InChI=1S/C17H19N3OS/c1-2-20(12-15-6-3-5-14(9-15)10-18)13-17(21)19-11-16-7-4-8-22-16/h3-9H,2,11-13H2,1H3,(H,19,21). The number of amides is 1. The molecule has 1 heterocycles. The van der Waals surface area contributed by atoms with Gasteiger partial charge in [-0.05, 0) is 35.7 Å². The number of benzene rings is 1. The van der Waals surface area contributed by atoms with Crippen LogP contribution in [0.4, 0.5) is 0 Å². The molecule has 2 aromatic rings. The molecular weight excluding hydrogens is 294 g/mol. The van der Waals surface area contributed by atoms with Crippen molar-refractivity contribution >= 4 is 17.2 Å². The normalized spacial score (nSPS) is 10.4. The van der Waals surface area contributed by atoms with E-state index in [0.717, 1.165) is 17.0 Å². The maximum Gasteiger partial charge on any atom is 0.234 e. The summed E-state index contributed by atoms with van der Waals surface area (Å²) in [7, 11) is 0. The van der Waals surface area contributed by atoms with Crippen molar-refractivity contribution in [3.63, 3.8) is 0 Å². The Kier molecular flexibility index (Phi) is 6.13. The minimum absolute atomic E-state index is 0.0201. The van der Waals surface area contributed by atoms with E-state index in [-0.39, 0.29) is 5.91 Å². The molecule has 0 bridgehead atoms. The van der Waals surface area contributed by atoms with Crippen LogP contribution in [-0.2, 0) is 17.9 Å². The number of rotatable bonds is 7. The second-order valence-corrected chi connectivity index (χ2v) is 6.00. The highest BCUT2D eigenvalue weighted by molar-refractivity contribution is 7.09. The number of hydrogen-bond acceptors (Lipinski definition) is 4. The summed E-state index contributed by atoms with van der Waals surface area (Å²) in [5.74, 6) is 0.0201. The first kappa shape index (κ1) is 16.2. The van der Waals surface area contributed by atoms with Crippen LogP contribution in [0.15, 0.2) is 41.8 Å². The predicted octanol–water partition coefficient (Wildman–Crippen LogP) is 2.76. The first-order valence-electron chi connectivity index (χ1n) is 7.21. The summed E-state index contributed by atoms with van der Waals surface area (Å²) in [5.41, 5.74) is 1.70. The molecule has 1 aromatic carbocycles. The molecule has 0 radical (unpaired) electrons. The lowest BCUT2D eigenvalue weighted by atomic mass is 10.1. The van der Waals surface area contributed by atoms with E-state index in [1.165, 1.54) is 0 Å². The van der Waals surface area contributed by atoms with Crippen LogP contribution in [0.5, 0.6) is 0 Å². The second kappa shape index (κ2) is 8.32. The molecule has 1 N–H and O–H groups in total. The second-order valence-electron chi connectivity index (χ2n) is 4.97. The zero-order valence-electron chi connectivity index (χ0n) is 12.6. The molecule has 0 aliphatic rings. The minimum atomic E-state index is 0.0201. The fraction of sp³-hybridized carbons (Fsp3) is 0.294. The highest BCUT2D eigenvalue weighted by Gasteiger charge is 2.10. The molecule has 0 atom stereocenters. The van der Waals surface area contributed by atoms with Crippen LogP contribution < -0.4 is 5.32 Å².